The smallest absolute Gasteiger partial charge is 0.249 e. The molecule has 0 aromatic rings. The van der Waals surface area contributed by atoms with Crippen LogP contribution in [0.2, 0.25) is 0 Å². The van der Waals surface area contributed by atoms with Crippen molar-refractivity contribution in [1.82, 2.24) is 5.32 Å². The summed E-state index contributed by atoms with van der Waals surface area (Å²) in [4.78, 5) is 13.0. The zero-order valence-electron chi connectivity index (χ0n) is 36.0. The number of aliphatic hydroxyl groups excluding tert-OH is 6. The molecule has 0 aliphatic carbocycles. The summed E-state index contributed by atoms with van der Waals surface area (Å²) in [6.45, 7) is 5.73. The van der Waals surface area contributed by atoms with Crippen LogP contribution in [0.5, 0.6) is 0 Å². The number of nitrogens with one attached hydrogen (secondary N) is 1. The maximum Gasteiger partial charge on any atom is 0.249 e. The van der Waals surface area contributed by atoms with Crippen LogP contribution < -0.4 is 5.32 Å². The van der Waals surface area contributed by atoms with Crippen molar-refractivity contribution in [3.05, 3.63) is 23.8 Å². The van der Waals surface area contributed by atoms with Gasteiger partial charge in [0.15, 0.2) is 6.29 Å². The lowest BCUT2D eigenvalue weighted by Gasteiger charge is -2.40. The molecule has 0 aromatic carbocycles. The summed E-state index contributed by atoms with van der Waals surface area (Å²) in [5.41, 5.74) is 1.36. The van der Waals surface area contributed by atoms with Crippen molar-refractivity contribution in [2.45, 2.75) is 250 Å². The molecule has 330 valence electrons. The van der Waals surface area contributed by atoms with Crippen molar-refractivity contribution in [1.29, 1.82) is 0 Å². The molecule has 1 fully saturated rings. The van der Waals surface area contributed by atoms with E-state index in [-0.39, 0.29) is 6.61 Å². The lowest BCUT2D eigenvalue weighted by atomic mass is 9.99. The van der Waals surface area contributed by atoms with Crippen molar-refractivity contribution in [3.63, 3.8) is 0 Å². The molecule has 56 heavy (non-hydrogen) atoms. The second kappa shape index (κ2) is 35.6. The largest absolute Gasteiger partial charge is 0.394 e. The molecule has 1 aliphatic heterocycles. The number of ether oxygens (including phenoxy) is 2. The Hall–Kier alpha value is -1.37. The third-order valence-electron chi connectivity index (χ3n) is 11.2. The van der Waals surface area contributed by atoms with Crippen LogP contribution in [-0.2, 0) is 14.3 Å². The SMILES string of the molecule is CCCCCCCCCCCCCCCCCCC[C@@H](O)C(=O)N[C@@H](CO[C@@H]1O[C@H](CO)[C@@H](O)[C@H](O)[C@H]1O)[C@H](O)/C=C/CC/C=C(\C)CCCCCCCCC. The summed E-state index contributed by atoms with van der Waals surface area (Å²) in [7, 11) is 0. The molecule has 1 amide bonds. The Labute approximate surface area is 341 Å². The normalized spacial score (nSPS) is 22.1. The van der Waals surface area contributed by atoms with Crippen molar-refractivity contribution in [2.24, 2.45) is 0 Å². The van der Waals surface area contributed by atoms with Crippen molar-refractivity contribution in [3.8, 4) is 0 Å². The second-order valence-electron chi connectivity index (χ2n) is 16.5. The summed E-state index contributed by atoms with van der Waals surface area (Å²) in [5, 5.41) is 64.7. The Balaban J connectivity index is 2.47. The first-order valence-electron chi connectivity index (χ1n) is 23.1. The van der Waals surface area contributed by atoms with E-state index in [0.717, 1.165) is 32.1 Å². The van der Waals surface area contributed by atoms with E-state index in [1.165, 1.54) is 134 Å². The van der Waals surface area contributed by atoms with E-state index in [1.54, 1.807) is 6.08 Å². The lowest BCUT2D eigenvalue weighted by molar-refractivity contribution is -0.302. The van der Waals surface area contributed by atoms with Gasteiger partial charge in [0.25, 0.3) is 0 Å². The molecule has 10 nitrogen and oxygen atoms in total. The maximum atomic E-state index is 13.0. The minimum atomic E-state index is -1.61. The minimum absolute atomic E-state index is 0.307. The molecule has 0 spiro atoms. The monoisotopic (exact) mass is 798 g/mol. The molecule has 7 N–H and O–H groups in total. The van der Waals surface area contributed by atoms with E-state index >= 15 is 0 Å². The van der Waals surface area contributed by atoms with Crippen LogP contribution in [0.15, 0.2) is 23.8 Å². The molecule has 0 saturated carbocycles. The highest BCUT2D eigenvalue weighted by Gasteiger charge is 2.44. The molecule has 0 aromatic heterocycles. The van der Waals surface area contributed by atoms with Crippen LogP contribution >= 0.6 is 0 Å². The molecular weight excluding hydrogens is 711 g/mol. The van der Waals surface area contributed by atoms with Crippen molar-refractivity contribution in [2.75, 3.05) is 13.2 Å². The number of allylic oxidation sites excluding steroid dienone is 3. The predicted octanol–water partition coefficient (Wildman–Crippen LogP) is 8.47. The number of hydrogen-bond acceptors (Lipinski definition) is 9. The summed E-state index contributed by atoms with van der Waals surface area (Å²) in [6.07, 6.45) is 29.1. The lowest BCUT2D eigenvalue weighted by Crippen LogP contribution is -2.60. The van der Waals surface area contributed by atoms with Crippen LogP contribution in [0, 0.1) is 0 Å². The number of aliphatic hydroxyl groups is 6. The highest BCUT2D eigenvalue weighted by Crippen LogP contribution is 2.23. The standard InChI is InChI=1S/C46H87NO9/c1-4-6-8-10-12-13-14-15-16-17-18-19-20-21-23-25-29-34-40(50)45(54)47-38(36-55-46-44(53)43(52)42(51)41(35-48)56-46)39(49)33-30-26-28-32-37(3)31-27-24-22-11-9-7-5-2/h30,32-33,38-44,46,48-53H,4-29,31,34-36H2,1-3H3,(H,47,54)/b33-30+,37-32+/t38-,39+,40+,41+,42+,43-,44+,46+/m0/s1. The number of unbranched alkanes of at least 4 members (excludes halogenated alkanes) is 23. The van der Waals surface area contributed by atoms with E-state index in [2.05, 4.69) is 32.2 Å². The average Bonchev–Trinajstić information content (AvgIpc) is 3.19. The molecule has 0 radical (unpaired) electrons. The highest BCUT2D eigenvalue weighted by molar-refractivity contribution is 5.80. The Morgan fingerprint density at radius 3 is 1.66 bits per heavy atom. The molecule has 1 heterocycles. The highest BCUT2D eigenvalue weighted by atomic mass is 16.7. The Kier molecular flexibility index (Phi) is 33.4. The maximum absolute atomic E-state index is 13.0. The van der Waals surface area contributed by atoms with Gasteiger partial charge in [-0.15, -0.1) is 0 Å². The molecule has 1 saturated heterocycles. The van der Waals surface area contributed by atoms with Crippen molar-refractivity contribution < 1.29 is 44.9 Å². The first-order chi connectivity index (χ1) is 27.2. The number of hydrogen-bond donors (Lipinski definition) is 7. The van der Waals surface area contributed by atoms with Crippen LogP contribution in [-0.4, -0.2) is 98.7 Å². The summed E-state index contributed by atoms with van der Waals surface area (Å²) in [6, 6.07) is -0.995. The van der Waals surface area contributed by atoms with Gasteiger partial charge < -0.3 is 45.4 Å². The average molecular weight is 798 g/mol. The van der Waals surface area contributed by atoms with E-state index in [4.69, 9.17) is 9.47 Å². The van der Waals surface area contributed by atoms with Gasteiger partial charge >= 0.3 is 0 Å². The number of rotatable bonds is 37. The van der Waals surface area contributed by atoms with Gasteiger partial charge in [0.1, 0.15) is 30.5 Å². The van der Waals surface area contributed by atoms with E-state index < -0.39 is 61.5 Å². The molecule has 0 bridgehead atoms. The minimum Gasteiger partial charge on any atom is -0.394 e. The van der Waals surface area contributed by atoms with E-state index in [1.807, 2.05) is 6.08 Å². The first kappa shape index (κ1) is 52.6. The van der Waals surface area contributed by atoms with Gasteiger partial charge in [0, 0.05) is 0 Å². The van der Waals surface area contributed by atoms with Gasteiger partial charge in [-0.05, 0) is 39.0 Å². The topological polar surface area (TPSA) is 169 Å². The summed E-state index contributed by atoms with van der Waals surface area (Å²) < 4.78 is 11.1. The van der Waals surface area contributed by atoms with Crippen LogP contribution in [0.4, 0.5) is 0 Å². The Morgan fingerprint density at radius 1 is 0.679 bits per heavy atom. The number of carbonyl (C=O) groups excluding carboxylic acids is 1. The van der Waals surface area contributed by atoms with Gasteiger partial charge in [0.2, 0.25) is 5.91 Å². The van der Waals surface area contributed by atoms with Crippen LogP contribution in [0.1, 0.15) is 201 Å². The summed E-state index contributed by atoms with van der Waals surface area (Å²) >= 11 is 0. The molecule has 8 atom stereocenters. The summed E-state index contributed by atoms with van der Waals surface area (Å²) in [5.74, 6) is -0.625. The first-order valence-corrected chi connectivity index (χ1v) is 23.1. The molecule has 1 rings (SSSR count). The quantitative estimate of drug-likeness (QED) is 0.0241. The van der Waals surface area contributed by atoms with Crippen LogP contribution in [0.25, 0.3) is 0 Å². The number of carbonyl (C=O) groups is 1. The third-order valence-corrected chi connectivity index (χ3v) is 11.2. The zero-order valence-corrected chi connectivity index (χ0v) is 36.0. The number of amides is 1. The fraction of sp³-hybridized carbons (Fsp3) is 0.891. The molecule has 10 heteroatoms. The predicted molar refractivity (Wildman–Crippen MR) is 227 cm³/mol. The fourth-order valence-corrected chi connectivity index (χ4v) is 7.36. The second-order valence-corrected chi connectivity index (χ2v) is 16.5. The van der Waals surface area contributed by atoms with Gasteiger partial charge in [-0.1, -0.05) is 185 Å². The zero-order chi connectivity index (χ0) is 41.2. The van der Waals surface area contributed by atoms with Gasteiger partial charge in [-0.25, -0.2) is 0 Å². The molecule has 1 aliphatic rings. The van der Waals surface area contributed by atoms with Crippen LogP contribution in [0.3, 0.4) is 0 Å². The fourth-order valence-electron chi connectivity index (χ4n) is 7.36. The van der Waals surface area contributed by atoms with E-state index in [9.17, 15) is 35.4 Å². The van der Waals surface area contributed by atoms with E-state index in [0.29, 0.717) is 19.3 Å². The Bertz CT molecular complexity index is 976. The van der Waals surface area contributed by atoms with Gasteiger partial charge in [-0.2, -0.15) is 0 Å². The van der Waals surface area contributed by atoms with Crippen molar-refractivity contribution >= 4 is 5.91 Å². The Morgan fingerprint density at radius 2 is 1.16 bits per heavy atom. The van der Waals surface area contributed by atoms with Gasteiger partial charge in [0.05, 0.1) is 25.4 Å². The van der Waals surface area contributed by atoms with Gasteiger partial charge in [-0.3, -0.25) is 4.79 Å². The molecule has 0 unspecified atom stereocenters. The molecular formula is C46H87NO9. The third kappa shape index (κ3) is 25.9.